The lowest BCUT2D eigenvalue weighted by molar-refractivity contribution is 0.0686. The third kappa shape index (κ3) is 4.60. The Morgan fingerprint density at radius 1 is 1.25 bits per heavy atom. The molecule has 6 nitrogen and oxygen atoms in total. The van der Waals surface area contributed by atoms with E-state index >= 15 is 0 Å². The number of ether oxygens (including phenoxy) is 2. The monoisotopic (exact) mass is 455 g/mol. The maximum absolute atomic E-state index is 10.5. The van der Waals surface area contributed by atoms with Crippen LogP contribution in [0.1, 0.15) is 24.0 Å². The van der Waals surface area contributed by atoms with Gasteiger partial charge in [0.2, 0.25) is 0 Å². The average molecular weight is 456 g/mol. The number of nitrogens with zero attached hydrogens (tertiary/aromatic N) is 3. The summed E-state index contributed by atoms with van der Waals surface area (Å²) < 4.78 is 13.0. The van der Waals surface area contributed by atoms with E-state index in [0.29, 0.717) is 19.1 Å². The third-order valence-corrected chi connectivity index (χ3v) is 6.66. The van der Waals surface area contributed by atoms with Gasteiger partial charge in [-0.2, -0.15) is 5.10 Å². The SMILES string of the molecule is COCC(O)CN(CC1CC1)c1c(SC)nn2c(-c3c(C)cc(C)cc3OC)cccc12. The van der Waals surface area contributed by atoms with E-state index in [2.05, 4.69) is 55.3 Å². The number of anilines is 1. The molecule has 0 bridgehead atoms. The molecule has 1 fully saturated rings. The number of aryl methyl sites for hydroxylation is 2. The van der Waals surface area contributed by atoms with Crippen LogP contribution < -0.4 is 9.64 Å². The van der Waals surface area contributed by atoms with Crippen molar-refractivity contribution in [1.82, 2.24) is 9.61 Å². The summed E-state index contributed by atoms with van der Waals surface area (Å²) in [7, 11) is 3.34. The molecule has 0 spiro atoms. The first-order valence-electron chi connectivity index (χ1n) is 11.1. The van der Waals surface area contributed by atoms with Crippen LogP contribution in [0.25, 0.3) is 16.8 Å². The number of aromatic nitrogens is 2. The average Bonchev–Trinajstić information content (AvgIpc) is 3.49. The molecule has 1 aliphatic carbocycles. The highest BCUT2D eigenvalue weighted by atomic mass is 32.2. The molecule has 4 rings (SSSR count). The molecular weight excluding hydrogens is 422 g/mol. The Balaban J connectivity index is 1.87. The van der Waals surface area contributed by atoms with Crippen LogP contribution in [0.3, 0.4) is 0 Å². The Hall–Kier alpha value is -2.22. The maximum Gasteiger partial charge on any atom is 0.142 e. The molecule has 2 heterocycles. The van der Waals surface area contributed by atoms with Crippen LogP contribution in [0.4, 0.5) is 5.69 Å². The molecule has 32 heavy (non-hydrogen) atoms. The van der Waals surface area contributed by atoms with Crippen molar-refractivity contribution in [2.24, 2.45) is 5.92 Å². The lowest BCUT2D eigenvalue weighted by Gasteiger charge is -2.27. The number of rotatable bonds is 10. The predicted molar refractivity (Wildman–Crippen MR) is 131 cm³/mol. The molecule has 0 radical (unpaired) electrons. The molecule has 0 aliphatic heterocycles. The van der Waals surface area contributed by atoms with Gasteiger partial charge in [0.05, 0.1) is 36.7 Å². The van der Waals surface area contributed by atoms with Gasteiger partial charge in [-0.25, -0.2) is 4.52 Å². The molecule has 7 heteroatoms. The molecule has 2 aromatic heterocycles. The van der Waals surface area contributed by atoms with Gasteiger partial charge in [-0.3, -0.25) is 0 Å². The van der Waals surface area contributed by atoms with Gasteiger partial charge in [0, 0.05) is 25.8 Å². The second kappa shape index (κ2) is 9.73. The number of benzene rings is 1. The fourth-order valence-corrected chi connectivity index (χ4v) is 5.04. The molecule has 1 aromatic carbocycles. The molecule has 3 aromatic rings. The minimum Gasteiger partial charge on any atom is -0.496 e. The van der Waals surface area contributed by atoms with Crippen LogP contribution in [0.2, 0.25) is 0 Å². The Morgan fingerprint density at radius 2 is 2.03 bits per heavy atom. The largest absolute Gasteiger partial charge is 0.496 e. The first kappa shape index (κ1) is 23.0. The van der Waals surface area contributed by atoms with Gasteiger partial charge >= 0.3 is 0 Å². The van der Waals surface area contributed by atoms with Gasteiger partial charge in [-0.1, -0.05) is 12.1 Å². The number of methoxy groups -OCH3 is 2. The predicted octanol–water partition coefficient (Wildman–Crippen LogP) is 4.57. The van der Waals surface area contributed by atoms with E-state index in [0.717, 1.165) is 45.3 Å². The lowest BCUT2D eigenvalue weighted by Crippen LogP contribution is -2.36. The minimum absolute atomic E-state index is 0.319. The van der Waals surface area contributed by atoms with Crippen LogP contribution in [0.5, 0.6) is 5.75 Å². The second-order valence-electron chi connectivity index (χ2n) is 8.68. The molecule has 1 aliphatic rings. The normalized spacial score (nSPS) is 14.7. The van der Waals surface area contributed by atoms with E-state index in [-0.39, 0.29) is 0 Å². The zero-order valence-corrected chi connectivity index (χ0v) is 20.4. The maximum atomic E-state index is 10.5. The van der Waals surface area contributed by atoms with Crippen molar-refractivity contribution < 1.29 is 14.6 Å². The van der Waals surface area contributed by atoms with Crippen molar-refractivity contribution in [2.45, 2.75) is 37.8 Å². The van der Waals surface area contributed by atoms with Crippen molar-refractivity contribution >= 4 is 23.0 Å². The molecule has 1 unspecified atom stereocenters. The number of aliphatic hydroxyl groups is 1. The van der Waals surface area contributed by atoms with Gasteiger partial charge in [-0.05, 0) is 68.2 Å². The highest BCUT2D eigenvalue weighted by Gasteiger charge is 2.29. The van der Waals surface area contributed by atoms with E-state index in [1.165, 1.54) is 18.4 Å². The summed E-state index contributed by atoms with van der Waals surface area (Å²) in [5.74, 6) is 1.53. The van der Waals surface area contributed by atoms with Crippen LogP contribution in [-0.4, -0.2) is 61.0 Å². The second-order valence-corrected chi connectivity index (χ2v) is 9.48. The van der Waals surface area contributed by atoms with Gasteiger partial charge in [-0.15, -0.1) is 11.8 Å². The van der Waals surface area contributed by atoms with Gasteiger partial charge in [0.1, 0.15) is 10.8 Å². The van der Waals surface area contributed by atoms with Crippen molar-refractivity contribution in [1.29, 1.82) is 0 Å². The van der Waals surface area contributed by atoms with Crippen LogP contribution in [0.15, 0.2) is 35.4 Å². The molecule has 1 N–H and O–H groups in total. The number of hydrogen-bond acceptors (Lipinski definition) is 6. The van der Waals surface area contributed by atoms with Gasteiger partial charge < -0.3 is 19.5 Å². The summed E-state index contributed by atoms with van der Waals surface area (Å²) in [6.07, 6.45) is 4.00. The first-order valence-corrected chi connectivity index (χ1v) is 12.3. The fourth-order valence-electron chi connectivity index (χ4n) is 4.45. The smallest absolute Gasteiger partial charge is 0.142 e. The summed E-state index contributed by atoms with van der Waals surface area (Å²) in [5.41, 5.74) is 6.51. The van der Waals surface area contributed by atoms with Gasteiger partial charge in [0.15, 0.2) is 0 Å². The van der Waals surface area contributed by atoms with Crippen molar-refractivity contribution in [3.05, 3.63) is 41.5 Å². The Morgan fingerprint density at radius 3 is 2.69 bits per heavy atom. The Labute approximate surface area is 194 Å². The number of thioether (sulfide) groups is 1. The molecule has 1 saturated carbocycles. The topological polar surface area (TPSA) is 59.2 Å². The van der Waals surface area contributed by atoms with Crippen LogP contribution >= 0.6 is 11.8 Å². The number of fused-ring (bicyclic) bond motifs is 1. The third-order valence-electron chi connectivity index (χ3n) is 6.00. The molecule has 0 amide bonds. The summed E-state index contributed by atoms with van der Waals surface area (Å²) in [4.78, 5) is 2.30. The quantitative estimate of drug-likeness (QED) is 0.452. The minimum atomic E-state index is -0.550. The zero-order chi connectivity index (χ0) is 22.8. The molecule has 172 valence electrons. The number of pyridine rings is 1. The molecular formula is C25H33N3O3S. The summed E-state index contributed by atoms with van der Waals surface area (Å²) in [6.45, 7) is 5.96. The fraction of sp³-hybridized carbons (Fsp3) is 0.480. The Kier molecular flexibility index (Phi) is 6.98. The molecule has 0 saturated heterocycles. The van der Waals surface area contributed by atoms with Gasteiger partial charge in [0.25, 0.3) is 0 Å². The van der Waals surface area contributed by atoms with E-state index < -0.39 is 6.10 Å². The van der Waals surface area contributed by atoms with E-state index in [9.17, 15) is 5.11 Å². The molecule has 1 atom stereocenters. The first-order chi connectivity index (χ1) is 15.5. The number of hydrogen-bond donors (Lipinski definition) is 1. The van der Waals surface area contributed by atoms with Crippen molar-refractivity contribution in [3.8, 4) is 17.0 Å². The summed E-state index contributed by atoms with van der Waals surface area (Å²) in [6, 6.07) is 10.5. The standard InChI is InChI=1S/C25H33N3O3S/c1-16-11-17(2)23(22(12-16)31-4)20-7-6-8-21-24(25(32-5)26-28(20)21)27(13-18-9-10-18)14-19(29)15-30-3/h6-8,11-12,18-19,29H,9-10,13-15H2,1-5H3. The highest BCUT2D eigenvalue weighted by molar-refractivity contribution is 7.98. The van der Waals surface area contributed by atoms with E-state index in [1.807, 2.05) is 4.52 Å². The van der Waals surface area contributed by atoms with E-state index in [1.54, 1.807) is 26.0 Å². The van der Waals surface area contributed by atoms with Crippen LogP contribution in [-0.2, 0) is 4.74 Å². The highest BCUT2D eigenvalue weighted by Crippen LogP contribution is 2.40. The number of aliphatic hydroxyl groups excluding tert-OH is 1. The summed E-state index contributed by atoms with van der Waals surface area (Å²) >= 11 is 1.64. The van der Waals surface area contributed by atoms with Crippen LogP contribution in [0, 0.1) is 19.8 Å². The van der Waals surface area contributed by atoms with E-state index in [4.69, 9.17) is 14.6 Å². The van der Waals surface area contributed by atoms with Crippen molar-refractivity contribution in [2.75, 3.05) is 45.1 Å². The lowest BCUT2D eigenvalue weighted by atomic mass is 10.0. The summed E-state index contributed by atoms with van der Waals surface area (Å²) in [5, 5.41) is 16.5. The zero-order valence-electron chi connectivity index (χ0n) is 19.6. The van der Waals surface area contributed by atoms with Crippen molar-refractivity contribution in [3.63, 3.8) is 0 Å². The Bertz CT molecular complexity index is 1090.